The molecule has 0 aliphatic carbocycles. The molecule has 4 heterocycles. The molecule has 8 aromatic carbocycles. The molecule has 0 spiro atoms. The van der Waals surface area contributed by atoms with Crippen molar-refractivity contribution >= 4 is 155 Å². The second-order valence-corrected chi connectivity index (χ2v) is 16.7. The Hall–Kier alpha value is -5.37. The maximum absolute atomic E-state index is 9.24. The maximum Gasteiger partial charge on any atom is 0.492 e. The van der Waals surface area contributed by atoms with Crippen LogP contribution in [0, 0.1) is 3.57 Å². The number of fused-ring (bicyclic) bond motifs is 12. The fourth-order valence-electron chi connectivity index (χ4n) is 7.61. The van der Waals surface area contributed by atoms with Crippen molar-refractivity contribution in [3.8, 4) is 11.1 Å². The van der Waals surface area contributed by atoms with Crippen molar-refractivity contribution in [1.82, 2.24) is 0 Å². The van der Waals surface area contributed by atoms with Crippen LogP contribution in [-0.4, -0.2) is 17.2 Å². The summed E-state index contributed by atoms with van der Waals surface area (Å²) in [7, 11) is -1.51. The van der Waals surface area contributed by atoms with E-state index in [1.807, 2.05) is 84.9 Å². The minimum atomic E-state index is -1.51. The van der Waals surface area contributed by atoms with Crippen molar-refractivity contribution in [3.63, 3.8) is 0 Å². The second kappa shape index (κ2) is 15.1. The van der Waals surface area contributed by atoms with Crippen molar-refractivity contribution in [2.45, 2.75) is 0 Å². The zero-order valence-electron chi connectivity index (χ0n) is 30.2. The van der Waals surface area contributed by atoms with Gasteiger partial charge in [0.2, 0.25) is 0 Å². The van der Waals surface area contributed by atoms with Crippen molar-refractivity contribution in [2.75, 3.05) is 0 Å². The third-order valence-electron chi connectivity index (χ3n) is 10.3. The highest BCUT2D eigenvalue weighted by Crippen LogP contribution is 2.40. The second-order valence-electron chi connectivity index (χ2n) is 13.8. The minimum absolute atomic E-state index is 0.397. The molecule has 12 rings (SSSR count). The molecule has 12 aromatic rings. The molecule has 0 unspecified atom stereocenters. The van der Waals surface area contributed by atoms with Crippen LogP contribution in [0.25, 0.3) is 98.9 Å². The molecule has 6 nitrogen and oxygen atoms in total. The van der Waals surface area contributed by atoms with Crippen molar-refractivity contribution in [2.24, 2.45) is 0 Å². The van der Waals surface area contributed by atoms with Gasteiger partial charge in [-0.3, -0.25) is 0 Å². The van der Waals surface area contributed by atoms with Gasteiger partial charge in [0.25, 0.3) is 0 Å². The normalized spacial score (nSPS) is 11.5. The third-order valence-corrected chi connectivity index (χ3v) is 12.2. The molecule has 2 N–H and O–H groups in total. The average molecular weight is 998 g/mol. The van der Waals surface area contributed by atoms with Crippen LogP contribution in [-0.2, 0) is 0 Å². The van der Waals surface area contributed by atoms with E-state index in [1.54, 1.807) is 12.1 Å². The van der Waals surface area contributed by atoms with Crippen LogP contribution in [0.4, 0.5) is 0 Å². The topological polar surface area (TPSA) is 93.0 Å². The molecule has 0 saturated carbocycles. The van der Waals surface area contributed by atoms with Crippen molar-refractivity contribution in [3.05, 3.63) is 170 Å². The van der Waals surface area contributed by atoms with Gasteiger partial charge in [0, 0.05) is 57.7 Å². The molecule has 0 saturated heterocycles. The summed E-state index contributed by atoms with van der Waals surface area (Å²) in [4.78, 5) is 0. The predicted octanol–water partition coefficient (Wildman–Crippen LogP) is 14.1. The summed E-state index contributed by atoms with van der Waals surface area (Å²) >= 11 is 9.39. The van der Waals surface area contributed by atoms with Gasteiger partial charge in [0.05, 0.1) is 8.95 Å². The average Bonchev–Trinajstić information content (AvgIpc) is 4.02. The van der Waals surface area contributed by atoms with Crippen LogP contribution in [0.15, 0.2) is 184 Å². The predicted molar refractivity (Wildman–Crippen MR) is 252 cm³/mol. The van der Waals surface area contributed by atoms with Gasteiger partial charge in [0.15, 0.2) is 0 Å². The Morgan fingerprint density at radius 1 is 0.397 bits per heavy atom. The largest absolute Gasteiger partial charge is 0.492 e. The van der Waals surface area contributed by atoms with Crippen LogP contribution >= 0.6 is 54.5 Å². The summed E-state index contributed by atoms with van der Waals surface area (Å²) in [6.45, 7) is 0. The smallest absolute Gasteiger partial charge is 0.456 e. The Labute approximate surface area is 361 Å². The Morgan fingerprint density at radius 3 is 1.47 bits per heavy atom. The van der Waals surface area contributed by atoms with Gasteiger partial charge in [-0.1, -0.05) is 103 Å². The van der Waals surface area contributed by atoms with E-state index in [9.17, 15) is 10.0 Å². The van der Waals surface area contributed by atoms with E-state index in [2.05, 4.69) is 115 Å². The maximum atomic E-state index is 9.24. The van der Waals surface area contributed by atoms with E-state index in [0.29, 0.717) is 11.0 Å². The third kappa shape index (κ3) is 6.49. The van der Waals surface area contributed by atoms with E-state index in [1.165, 1.54) is 8.96 Å². The van der Waals surface area contributed by atoms with Gasteiger partial charge < -0.3 is 27.7 Å². The Balaban J connectivity index is 0.000000113. The molecular formula is C48H28BBr2IO6. The molecule has 0 aliphatic rings. The summed E-state index contributed by atoms with van der Waals surface area (Å²) < 4.78 is 26.9. The fourth-order valence-corrected chi connectivity index (χ4v) is 9.00. The lowest BCUT2D eigenvalue weighted by molar-refractivity contribution is 0.425. The van der Waals surface area contributed by atoms with E-state index < -0.39 is 7.12 Å². The molecule has 0 bridgehead atoms. The molecule has 0 atom stereocenters. The lowest BCUT2D eigenvalue weighted by Crippen LogP contribution is -2.29. The fraction of sp³-hybridized carbons (Fsp3) is 0. The molecule has 4 aromatic heterocycles. The highest BCUT2D eigenvalue weighted by molar-refractivity contribution is 14.1. The first-order chi connectivity index (χ1) is 28.3. The summed E-state index contributed by atoms with van der Waals surface area (Å²) in [5, 5.41) is 27.2. The molecule has 0 aliphatic heterocycles. The van der Waals surface area contributed by atoms with Crippen LogP contribution in [0.2, 0.25) is 0 Å². The van der Waals surface area contributed by atoms with E-state index in [4.69, 9.17) is 17.7 Å². The van der Waals surface area contributed by atoms with Crippen molar-refractivity contribution in [1.29, 1.82) is 0 Å². The number of hydrogen-bond donors (Lipinski definition) is 2. The molecule has 10 heteroatoms. The highest BCUT2D eigenvalue weighted by atomic mass is 127. The minimum Gasteiger partial charge on any atom is -0.456 e. The summed E-state index contributed by atoms with van der Waals surface area (Å²) in [5.41, 5.74) is 9.38. The van der Waals surface area contributed by atoms with E-state index in [0.717, 1.165) is 96.9 Å². The SMILES string of the molecule is Brc1cccc2c1oc1ccc(-c3cccc4c3oc3ccccc34)cc12.Brc1cccc2c1oc1ccc(I)cc12.OB(O)c1cccc2c1oc1ccccc12. The van der Waals surface area contributed by atoms with Gasteiger partial charge in [-0.25, -0.2) is 0 Å². The first kappa shape index (κ1) is 36.9. The number of hydrogen-bond acceptors (Lipinski definition) is 6. The van der Waals surface area contributed by atoms with Crippen LogP contribution in [0.3, 0.4) is 0 Å². The van der Waals surface area contributed by atoms with Gasteiger partial charge in [-0.05, 0) is 115 Å². The van der Waals surface area contributed by atoms with Crippen LogP contribution in [0.5, 0.6) is 0 Å². The van der Waals surface area contributed by atoms with Crippen molar-refractivity contribution < 1.29 is 27.7 Å². The standard InChI is InChI=1S/C24H13BrO2.C12H9BO3.C12H6BrIO/c25-20-9-4-8-18-19-13-14(11-12-22(19)27-24(18)20)15-6-3-7-17-16-5-1-2-10-21(16)26-23(15)17;14-13(15)10-6-3-5-9-8-4-1-2-7-11(8)16-12(9)10;13-10-3-1-2-8-9-6-7(14)4-5-11(9)15-12(8)10/h1-13H;1-7,14-15H;1-6H. The van der Waals surface area contributed by atoms with E-state index >= 15 is 0 Å². The monoisotopic (exact) mass is 996 g/mol. The molecular weight excluding hydrogens is 970 g/mol. The van der Waals surface area contributed by atoms with Gasteiger partial charge in [-0.15, -0.1) is 0 Å². The Kier molecular flexibility index (Phi) is 9.62. The summed E-state index contributed by atoms with van der Waals surface area (Å²) in [6, 6.07) is 52.3. The van der Waals surface area contributed by atoms with Crippen LogP contribution < -0.4 is 5.46 Å². The lowest BCUT2D eigenvalue weighted by atomic mass is 9.79. The van der Waals surface area contributed by atoms with Gasteiger partial charge in [0.1, 0.15) is 44.7 Å². The van der Waals surface area contributed by atoms with Gasteiger partial charge >= 0.3 is 7.12 Å². The Bertz CT molecular complexity index is 3510. The number of benzene rings is 8. The lowest BCUT2D eigenvalue weighted by Gasteiger charge is -2.03. The first-order valence-corrected chi connectivity index (χ1v) is 21.0. The number of para-hydroxylation sites is 6. The number of halogens is 3. The number of furan rings is 4. The highest BCUT2D eigenvalue weighted by Gasteiger charge is 2.19. The molecule has 0 radical (unpaired) electrons. The molecule has 280 valence electrons. The zero-order valence-corrected chi connectivity index (χ0v) is 35.6. The molecule has 0 amide bonds. The molecule has 0 fully saturated rings. The Morgan fingerprint density at radius 2 is 0.845 bits per heavy atom. The zero-order chi connectivity index (χ0) is 39.5. The summed E-state index contributed by atoms with van der Waals surface area (Å²) in [6.07, 6.45) is 0. The number of rotatable bonds is 2. The quantitative estimate of drug-likeness (QED) is 0.132. The van der Waals surface area contributed by atoms with E-state index in [-0.39, 0.29) is 0 Å². The summed E-state index contributed by atoms with van der Waals surface area (Å²) in [5.74, 6) is 0. The molecule has 58 heavy (non-hydrogen) atoms. The first-order valence-electron chi connectivity index (χ1n) is 18.4. The van der Waals surface area contributed by atoms with Crippen LogP contribution in [0.1, 0.15) is 0 Å². The van der Waals surface area contributed by atoms with Gasteiger partial charge in [-0.2, -0.15) is 0 Å².